The lowest BCUT2D eigenvalue weighted by molar-refractivity contribution is 1.21. The Kier molecular flexibility index (Phi) is 2.86. The molecule has 13 heavy (non-hydrogen) atoms. The molecule has 0 aliphatic carbocycles. The van der Waals surface area contributed by atoms with Gasteiger partial charge in [0.2, 0.25) is 0 Å². The summed E-state index contributed by atoms with van der Waals surface area (Å²) in [5.74, 6) is 5.24. The molecule has 0 aliphatic heterocycles. The van der Waals surface area contributed by atoms with Gasteiger partial charge in [0.15, 0.2) is 0 Å². The average Bonchev–Trinajstić information content (AvgIpc) is 2.18. The van der Waals surface area contributed by atoms with E-state index in [2.05, 4.69) is 5.43 Å². The van der Waals surface area contributed by atoms with Gasteiger partial charge in [0, 0.05) is 5.56 Å². The van der Waals surface area contributed by atoms with Gasteiger partial charge in [-0.05, 0) is 12.1 Å². The molecular formula is C9H8N4. The molecule has 0 radical (unpaired) electrons. The van der Waals surface area contributed by atoms with Gasteiger partial charge in [0.05, 0.1) is 29.8 Å². The van der Waals surface area contributed by atoms with Crippen molar-refractivity contribution in [3.05, 3.63) is 29.3 Å². The topological polar surface area (TPSA) is 85.6 Å². The van der Waals surface area contributed by atoms with E-state index in [4.69, 9.17) is 16.4 Å². The summed E-state index contributed by atoms with van der Waals surface area (Å²) in [5, 5.41) is 17.3. The molecule has 0 aliphatic rings. The Balaban J connectivity index is 3.25. The third-order valence-corrected chi connectivity index (χ3v) is 1.71. The van der Waals surface area contributed by atoms with Crippen LogP contribution in [-0.4, -0.2) is 0 Å². The number of hydrogen-bond donors (Lipinski definition) is 2. The van der Waals surface area contributed by atoms with Crippen LogP contribution in [0.2, 0.25) is 0 Å². The molecule has 0 unspecified atom stereocenters. The molecule has 0 saturated heterocycles. The van der Waals surface area contributed by atoms with Crippen LogP contribution in [0.4, 0.5) is 5.69 Å². The summed E-state index contributed by atoms with van der Waals surface area (Å²) in [6.07, 6.45) is 0.184. The third kappa shape index (κ3) is 1.76. The number of hydrogen-bond acceptors (Lipinski definition) is 4. The molecule has 0 atom stereocenters. The Morgan fingerprint density at radius 2 is 2.15 bits per heavy atom. The Bertz CT molecular complexity index is 384. The lowest BCUT2D eigenvalue weighted by Crippen LogP contribution is -2.09. The number of nitrogens with two attached hydrogens (primary N) is 1. The second-order valence-electron chi connectivity index (χ2n) is 2.42. The summed E-state index contributed by atoms with van der Waals surface area (Å²) in [5.41, 5.74) is 4.21. The first kappa shape index (κ1) is 9.05. The van der Waals surface area contributed by atoms with Gasteiger partial charge in [-0.3, -0.25) is 5.84 Å². The average molecular weight is 172 g/mol. The van der Waals surface area contributed by atoms with Crippen molar-refractivity contribution >= 4 is 5.69 Å². The molecule has 0 aromatic heterocycles. The van der Waals surface area contributed by atoms with Gasteiger partial charge < -0.3 is 5.43 Å². The Morgan fingerprint density at radius 3 is 2.69 bits per heavy atom. The molecular weight excluding hydrogens is 164 g/mol. The van der Waals surface area contributed by atoms with E-state index in [0.717, 1.165) is 0 Å². The maximum atomic E-state index is 8.74. The normalized spacial score (nSPS) is 8.54. The second kappa shape index (κ2) is 4.10. The lowest BCUT2D eigenvalue weighted by Gasteiger charge is -2.06. The number of nitrogen functional groups attached to an aromatic ring is 1. The number of benzene rings is 1. The zero-order valence-corrected chi connectivity index (χ0v) is 6.91. The maximum absolute atomic E-state index is 8.74. The Hall–Kier alpha value is -2.04. The minimum absolute atomic E-state index is 0.184. The zero-order valence-electron chi connectivity index (χ0n) is 6.91. The first-order valence-electron chi connectivity index (χ1n) is 3.69. The van der Waals surface area contributed by atoms with Crippen molar-refractivity contribution in [1.29, 1.82) is 10.5 Å². The second-order valence-corrected chi connectivity index (χ2v) is 2.42. The van der Waals surface area contributed by atoms with Crippen LogP contribution in [-0.2, 0) is 6.42 Å². The van der Waals surface area contributed by atoms with Crippen molar-refractivity contribution in [2.45, 2.75) is 6.42 Å². The van der Waals surface area contributed by atoms with E-state index in [9.17, 15) is 0 Å². The van der Waals surface area contributed by atoms with E-state index in [1.165, 1.54) is 0 Å². The first-order valence-corrected chi connectivity index (χ1v) is 3.69. The Labute approximate surface area is 76.2 Å². The lowest BCUT2D eigenvalue weighted by atomic mass is 10.0. The zero-order chi connectivity index (χ0) is 9.68. The number of nitriles is 2. The summed E-state index contributed by atoms with van der Waals surface area (Å²) < 4.78 is 0. The van der Waals surface area contributed by atoms with Gasteiger partial charge in [-0.15, -0.1) is 0 Å². The molecule has 0 spiro atoms. The summed E-state index contributed by atoms with van der Waals surface area (Å²) in [6.45, 7) is 0. The minimum Gasteiger partial charge on any atom is -0.324 e. The van der Waals surface area contributed by atoms with Crippen LogP contribution >= 0.6 is 0 Å². The fraction of sp³-hybridized carbons (Fsp3) is 0.111. The molecule has 0 saturated carbocycles. The number of anilines is 1. The highest BCUT2D eigenvalue weighted by Gasteiger charge is 2.05. The smallest absolute Gasteiger partial charge is 0.0995 e. The molecule has 0 bridgehead atoms. The van der Waals surface area contributed by atoms with E-state index in [1.807, 2.05) is 12.1 Å². The SMILES string of the molecule is N#CCc1c(C#N)cccc1NN. The monoisotopic (exact) mass is 172 g/mol. The van der Waals surface area contributed by atoms with Gasteiger partial charge >= 0.3 is 0 Å². The van der Waals surface area contributed by atoms with Crippen LogP contribution in [0.25, 0.3) is 0 Å². The van der Waals surface area contributed by atoms with Crippen molar-refractivity contribution in [3.8, 4) is 12.1 Å². The molecule has 4 heteroatoms. The highest BCUT2D eigenvalue weighted by molar-refractivity contribution is 5.58. The molecule has 0 heterocycles. The first-order chi connectivity index (χ1) is 6.33. The number of hydrazine groups is 1. The van der Waals surface area contributed by atoms with Crippen molar-refractivity contribution < 1.29 is 0 Å². The van der Waals surface area contributed by atoms with Crippen molar-refractivity contribution in [2.24, 2.45) is 5.84 Å². The number of nitrogens with zero attached hydrogens (tertiary/aromatic N) is 2. The van der Waals surface area contributed by atoms with Gasteiger partial charge in [-0.1, -0.05) is 6.07 Å². The maximum Gasteiger partial charge on any atom is 0.0995 e. The summed E-state index contributed by atoms with van der Waals surface area (Å²) >= 11 is 0. The largest absolute Gasteiger partial charge is 0.324 e. The van der Waals surface area contributed by atoms with Crippen LogP contribution in [0, 0.1) is 22.7 Å². The van der Waals surface area contributed by atoms with Gasteiger partial charge in [0.25, 0.3) is 0 Å². The van der Waals surface area contributed by atoms with Crippen LogP contribution in [0.15, 0.2) is 18.2 Å². The fourth-order valence-corrected chi connectivity index (χ4v) is 1.10. The molecule has 0 fully saturated rings. The minimum atomic E-state index is 0.184. The van der Waals surface area contributed by atoms with Crippen LogP contribution in [0.5, 0.6) is 0 Å². The highest BCUT2D eigenvalue weighted by Crippen LogP contribution is 2.18. The summed E-state index contributed by atoms with van der Waals surface area (Å²) in [6, 6.07) is 9.10. The van der Waals surface area contributed by atoms with E-state index < -0.39 is 0 Å². The fourth-order valence-electron chi connectivity index (χ4n) is 1.10. The van der Waals surface area contributed by atoms with E-state index >= 15 is 0 Å². The van der Waals surface area contributed by atoms with E-state index in [-0.39, 0.29) is 6.42 Å². The number of rotatable bonds is 2. The van der Waals surface area contributed by atoms with E-state index in [1.54, 1.807) is 18.2 Å². The molecule has 64 valence electrons. The molecule has 1 rings (SSSR count). The third-order valence-electron chi connectivity index (χ3n) is 1.71. The van der Waals surface area contributed by atoms with Gasteiger partial charge in [-0.2, -0.15) is 10.5 Å². The van der Waals surface area contributed by atoms with Crippen LogP contribution in [0.3, 0.4) is 0 Å². The molecule has 4 nitrogen and oxygen atoms in total. The van der Waals surface area contributed by atoms with Gasteiger partial charge in [-0.25, -0.2) is 0 Å². The quantitative estimate of drug-likeness (QED) is 0.512. The predicted molar refractivity (Wildman–Crippen MR) is 48.3 cm³/mol. The Morgan fingerprint density at radius 1 is 1.38 bits per heavy atom. The van der Waals surface area contributed by atoms with Crippen molar-refractivity contribution in [3.63, 3.8) is 0 Å². The number of nitrogens with one attached hydrogen (secondary N) is 1. The molecule has 3 N–H and O–H groups in total. The summed E-state index contributed by atoms with van der Waals surface area (Å²) in [7, 11) is 0. The predicted octanol–water partition coefficient (Wildman–Crippen LogP) is 0.910. The van der Waals surface area contributed by atoms with Crippen molar-refractivity contribution in [1.82, 2.24) is 0 Å². The standard InChI is InChI=1S/C9H8N4/c10-5-4-8-7(6-11)2-1-3-9(8)13-12/h1-3,13H,4,12H2. The summed E-state index contributed by atoms with van der Waals surface area (Å²) in [4.78, 5) is 0. The molecule has 1 aromatic rings. The van der Waals surface area contributed by atoms with Crippen molar-refractivity contribution in [2.75, 3.05) is 5.43 Å². The molecule has 1 aromatic carbocycles. The molecule has 0 amide bonds. The van der Waals surface area contributed by atoms with Gasteiger partial charge in [0.1, 0.15) is 0 Å². The van der Waals surface area contributed by atoms with Crippen LogP contribution < -0.4 is 11.3 Å². The highest BCUT2D eigenvalue weighted by atomic mass is 15.2. The van der Waals surface area contributed by atoms with E-state index in [0.29, 0.717) is 16.8 Å². The van der Waals surface area contributed by atoms with Crippen LogP contribution in [0.1, 0.15) is 11.1 Å².